The van der Waals surface area contributed by atoms with Crippen molar-refractivity contribution in [2.45, 2.75) is 19.6 Å². The Morgan fingerprint density at radius 2 is 2.22 bits per heavy atom. The summed E-state index contributed by atoms with van der Waals surface area (Å²) in [5, 5.41) is 5.55. The SMILES string of the molecule is C=CCNC(=O)NC(C)c1cccc(OCc2ccccn2)c1. The third-order valence-corrected chi connectivity index (χ3v) is 3.23. The molecule has 2 amide bonds. The predicted molar refractivity (Wildman–Crippen MR) is 90.2 cm³/mol. The van der Waals surface area contributed by atoms with E-state index < -0.39 is 0 Å². The highest BCUT2D eigenvalue weighted by Crippen LogP contribution is 2.19. The number of benzene rings is 1. The first kappa shape index (κ1) is 16.5. The van der Waals surface area contributed by atoms with Crippen LogP contribution in [0.15, 0.2) is 61.3 Å². The zero-order valence-corrected chi connectivity index (χ0v) is 13.2. The van der Waals surface area contributed by atoms with Crippen molar-refractivity contribution in [3.63, 3.8) is 0 Å². The van der Waals surface area contributed by atoms with Crippen LogP contribution in [0.3, 0.4) is 0 Å². The quantitative estimate of drug-likeness (QED) is 0.772. The monoisotopic (exact) mass is 311 g/mol. The molecule has 0 aliphatic heterocycles. The molecule has 0 fully saturated rings. The minimum atomic E-state index is -0.225. The molecule has 2 rings (SSSR count). The lowest BCUT2D eigenvalue weighted by Gasteiger charge is -2.16. The zero-order chi connectivity index (χ0) is 16.5. The summed E-state index contributed by atoms with van der Waals surface area (Å²) in [6, 6.07) is 13.0. The Morgan fingerprint density at radius 1 is 1.35 bits per heavy atom. The van der Waals surface area contributed by atoms with E-state index in [0.717, 1.165) is 17.0 Å². The van der Waals surface area contributed by atoms with Crippen LogP contribution in [0.4, 0.5) is 4.79 Å². The molecule has 120 valence electrons. The molecule has 1 aromatic carbocycles. The van der Waals surface area contributed by atoms with Crippen molar-refractivity contribution in [2.24, 2.45) is 0 Å². The summed E-state index contributed by atoms with van der Waals surface area (Å²) in [5.41, 5.74) is 1.84. The molecule has 0 aliphatic rings. The van der Waals surface area contributed by atoms with Crippen molar-refractivity contribution >= 4 is 6.03 Å². The number of pyridine rings is 1. The van der Waals surface area contributed by atoms with Crippen LogP contribution < -0.4 is 15.4 Å². The third-order valence-electron chi connectivity index (χ3n) is 3.23. The van der Waals surface area contributed by atoms with E-state index >= 15 is 0 Å². The number of aromatic nitrogens is 1. The zero-order valence-electron chi connectivity index (χ0n) is 13.2. The average molecular weight is 311 g/mol. The second-order valence-electron chi connectivity index (χ2n) is 5.05. The van der Waals surface area contributed by atoms with Crippen LogP contribution in [0.2, 0.25) is 0 Å². The minimum absolute atomic E-state index is 0.127. The molecule has 1 aromatic heterocycles. The highest BCUT2D eigenvalue weighted by Gasteiger charge is 2.09. The number of hydrogen-bond acceptors (Lipinski definition) is 3. The Balaban J connectivity index is 1.93. The fourth-order valence-electron chi connectivity index (χ4n) is 2.01. The van der Waals surface area contributed by atoms with Crippen LogP contribution in [0.1, 0.15) is 24.2 Å². The fourth-order valence-corrected chi connectivity index (χ4v) is 2.01. The van der Waals surface area contributed by atoms with Gasteiger partial charge in [-0.1, -0.05) is 24.3 Å². The van der Waals surface area contributed by atoms with Crippen LogP contribution in [-0.2, 0) is 6.61 Å². The number of carbonyl (C=O) groups excluding carboxylic acids is 1. The van der Waals surface area contributed by atoms with Gasteiger partial charge >= 0.3 is 6.03 Å². The van der Waals surface area contributed by atoms with Gasteiger partial charge in [-0.25, -0.2) is 4.79 Å². The molecule has 0 radical (unpaired) electrons. The third kappa shape index (κ3) is 5.47. The van der Waals surface area contributed by atoms with E-state index in [1.165, 1.54) is 0 Å². The van der Waals surface area contributed by atoms with Crippen LogP contribution in [-0.4, -0.2) is 17.6 Å². The summed E-state index contributed by atoms with van der Waals surface area (Å²) in [7, 11) is 0. The number of rotatable bonds is 7. The maximum Gasteiger partial charge on any atom is 0.315 e. The molecule has 23 heavy (non-hydrogen) atoms. The van der Waals surface area contributed by atoms with Crippen molar-refractivity contribution in [3.05, 3.63) is 72.6 Å². The number of amides is 2. The molecule has 2 aromatic rings. The van der Waals surface area contributed by atoms with E-state index in [4.69, 9.17) is 4.74 Å². The Hall–Kier alpha value is -2.82. The van der Waals surface area contributed by atoms with Crippen molar-refractivity contribution in [2.75, 3.05) is 6.54 Å². The molecule has 5 heteroatoms. The van der Waals surface area contributed by atoms with Gasteiger partial charge in [0.25, 0.3) is 0 Å². The molecule has 5 nitrogen and oxygen atoms in total. The molecule has 1 heterocycles. The van der Waals surface area contributed by atoms with Crippen molar-refractivity contribution in [1.29, 1.82) is 0 Å². The standard InChI is InChI=1S/C18H21N3O2/c1-3-10-20-18(22)21-14(2)15-7-6-9-17(12-15)23-13-16-8-4-5-11-19-16/h3-9,11-12,14H,1,10,13H2,2H3,(H2,20,21,22). The maximum atomic E-state index is 11.7. The van der Waals surface area contributed by atoms with Gasteiger partial charge in [0, 0.05) is 12.7 Å². The number of ether oxygens (including phenoxy) is 1. The summed E-state index contributed by atoms with van der Waals surface area (Å²) < 4.78 is 5.75. The highest BCUT2D eigenvalue weighted by molar-refractivity contribution is 5.74. The van der Waals surface area contributed by atoms with E-state index in [-0.39, 0.29) is 12.1 Å². The topological polar surface area (TPSA) is 63.2 Å². The molecule has 0 saturated carbocycles. The molecule has 0 spiro atoms. The second-order valence-corrected chi connectivity index (χ2v) is 5.05. The van der Waals surface area contributed by atoms with Gasteiger partial charge in [0.1, 0.15) is 12.4 Å². The van der Waals surface area contributed by atoms with Gasteiger partial charge in [-0.3, -0.25) is 4.98 Å². The smallest absolute Gasteiger partial charge is 0.315 e. The van der Waals surface area contributed by atoms with Crippen LogP contribution in [0.5, 0.6) is 5.75 Å². The number of carbonyl (C=O) groups is 1. The summed E-state index contributed by atoms with van der Waals surface area (Å²) in [6.07, 6.45) is 3.37. The summed E-state index contributed by atoms with van der Waals surface area (Å²) in [6.45, 7) is 6.33. The average Bonchev–Trinajstić information content (AvgIpc) is 2.59. The lowest BCUT2D eigenvalue weighted by atomic mass is 10.1. The number of hydrogen-bond donors (Lipinski definition) is 2. The first-order valence-corrected chi connectivity index (χ1v) is 7.47. The first-order chi connectivity index (χ1) is 11.2. The van der Waals surface area contributed by atoms with Crippen molar-refractivity contribution in [1.82, 2.24) is 15.6 Å². The fraction of sp³-hybridized carbons (Fsp3) is 0.222. The minimum Gasteiger partial charge on any atom is -0.487 e. The largest absolute Gasteiger partial charge is 0.487 e. The first-order valence-electron chi connectivity index (χ1n) is 7.47. The Labute approximate surface area is 136 Å². The molecule has 0 saturated heterocycles. The molecule has 1 atom stereocenters. The van der Waals surface area contributed by atoms with Crippen molar-refractivity contribution < 1.29 is 9.53 Å². The number of nitrogens with zero attached hydrogens (tertiary/aromatic N) is 1. The lowest BCUT2D eigenvalue weighted by Crippen LogP contribution is -2.37. The van der Waals surface area contributed by atoms with E-state index in [2.05, 4.69) is 22.2 Å². The molecule has 1 unspecified atom stereocenters. The normalized spacial score (nSPS) is 11.3. The van der Waals surface area contributed by atoms with E-state index in [1.54, 1.807) is 12.3 Å². The van der Waals surface area contributed by atoms with Gasteiger partial charge in [-0.2, -0.15) is 0 Å². The second kappa shape index (κ2) is 8.58. The summed E-state index contributed by atoms with van der Waals surface area (Å²) >= 11 is 0. The number of urea groups is 1. The molecule has 0 aliphatic carbocycles. The van der Waals surface area contributed by atoms with E-state index in [1.807, 2.05) is 49.4 Å². The van der Waals surface area contributed by atoms with E-state index in [0.29, 0.717) is 13.2 Å². The Morgan fingerprint density at radius 3 is 2.96 bits per heavy atom. The maximum absolute atomic E-state index is 11.7. The van der Waals surface area contributed by atoms with Crippen molar-refractivity contribution in [3.8, 4) is 5.75 Å². The van der Waals surface area contributed by atoms with Gasteiger partial charge in [0.05, 0.1) is 11.7 Å². The number of nitrogens with one attached hydrogen (secondary N) is 2. The predicted octanol–water partition coefficient (Wildman–Crippen LogP) is 3.21. The Kier molecular flexibility index (Phi) is 6.17. The molecular formula is C18H21N3O2. The van der Waals surface area contributed by atoms with Gasteiger partial charge < -0.3 is 15.4 Å². The van der Waals surface area contributed by atoms with Gasteiger partial charge in [-0.15, -0.1) is 6.58 Å². The molecule has 2 N–H and O–H groups in total. The van der Waals surface area contributed by atoms with E-state index in [9.17, 15) is 4.79 Å². The van der Waals surface area contributed by atoms with Crippen LogP contribution in [0.25, 0.3) is 0 Å². The van der Waals surface area contributed by atoms with Crippen LogP contribution in [0, 0.1) is 0 Å². The Bertz CT molecular complexity index is 644. The lowest BCUT2D eigenvalue weighted by molar-refractivity contribution is 0.239. The van der Waals surface area contributed by atoms with Gasteiger partial charge in [-0.05, 0) is 36.8 Å². The van der Waals surface area contributed by atoms with Gasteiger partial charge in [0.15, 0.2) is 0 Å². The molecule has 0 bridgehead atoms. The summed E-state index contributed by atoms with van der Waals surface area (Å²) in [5.74, 6) is 0.744. The van der Waals surface area contributed by atoms with Gasteiger partial charge in [0.2, 0.25) is 0 Å². The summed E-state index contributed by atoms with van der Waals surface area (Å²) in [4.78, 5) is 15.9. The highest BCUT2D eigenvalue weighted by atomic mass is 16.5. The molecular weight excluding hydrogens is 290 g/mol. The van der Waals surface area contributed by atoms with Crippen LogP contribution >= 0.6 is 0 Å².